The molecule has 2 unspecified atom stereocenters. The zero-order valence-electron chi connectivity index (χ0n) is 5.77. The third kappa shape index (κ3) is 2.15. The van der Waals surface area contributed by atoms with E-state index in [9.17, 15) is 0 Å². The summed E-state index contributed by atoms with van der Waals surface area (Å²) in [5.41, 5.74) is 0. The van der Waals surface area contributed by atoms with Crippen LogP contribution in [0.5, 0.6) is 0 Å². The van der Waals surface area contributed by atoms with Gasteiger partial charge in [0.25, 0.3) is 0 Å². The lowest BCUT2D eigenvalue weighted by atomic mass is 10.2. The number of hydrogen-bond donors (Lipinski definition) is 0. The minimum atomic E-state index is 0.550. The molecular formula is C7H13ClO. The molecule has 0 aliphatic carbocycles. The summed E-state index contributed by atoms with van der Waals surface area (Å²) in [6, 6.07) is 0. The van der Waals surface area contributed by atoms with Crippen molar-refractivity contribution < 1.29 is 4.74 Å². The molecular weight excluding hydrogens is 136 g/mol. The predicted molar refractivity (Wildman–Crippen MR) is 38.9 cm³/mol. The molecule has 1 aliphatic rings. The van der Waals surface area contributed by atoms with E-state index in [4.69, 9.17) is 16.3 Å². The number of rotatable bonds is 4. The molecule has 2 atom stereocenters. The smallest absolute Gasteiger partial charge is 0.0842 e. The Balaban J connectivity index is 1.92. The van der Waals surface area contributed by atoms with Crippen LogP contribution in [-0.4, -0.2) is 18.1 Å². The van der Waals surface area contributed by atoms with E-state index in [1.807, 2.05) is 0 Å². The van der Waals surface area contributed by atoms with Crippen molar-refractivity contribution in [3.05, 3.63) is 0 Å². The summed E-state index contributed by atoms with van der Waals surface area (Å²) in [4.78, 5) is 0. The van der Waals surface area contributed by atoms with Gasteiger partial charge in [-0.1, -0.05) is 6.92 Å². The van der Waals surface area contributed by atoms with E-state index in [2.05, 4.69) is 6.92 Å². The van der Waals surface area contributed by atoms with Gasteiger partial charge < -0.3 is 4.74 Å². The Morgan fingerprint density at radius 3 is 2.67 bits per heavy atom. The molecule has 0 N–H and O–H groups in total. The monoisotopic (exact) mass is 148 g/mol. The van der Waals surface area contributed by atoms with Crippen molar-refractivity contribution >= 4 is 11.6 Å². The number of hydrogen-bond acceptors (Lipinski definition) is 1. The van der Waals surface area contributed by atoms with E-state index in [1.54, 1.807) is 0 Å². The van der Waals surface area contributed by atoms with Gasteiger partial charge in [0.2, 0.25) is 0 Å². The highest BCUT2D eigenvalue weighted by molar-refractivity contribution is 6.17. The van der Waals surface area contributed by atoms with Crippen LogP contribution in [0.3, 0.4) is 0 Å². The molecule has 0 spiro atoms. The molecule has 54 valence electrons. The molecule has 1 aliphatic heterocycles. The van der Waals surface area contributed by atoms with Crippen molar-refractivity contribution in [1.29, 1.82) is 0 Å². The fraction of sp³-hybridized carbons (Fsp3) is 1.00. The standard InChI is InChI=1S/C7H13ClO/c1-2-6-7(9-6)4-3-5-8/h6-7H,2-5H2,1H3. The largest absolute Gasteiger partial charge is 0.370 e. The van der Waals surface area contributed by atoms with Gasteiger partial charge in [0.05, 0.1) is 12.2 Å². The summed E-state index contributed by atoms with van der Waals surface area (Å²) in [7, 11) is 0. The summed E-state index contributed by atoms with van der Waals surface area (Å²) < 4.78 is 5.31. The quantitative estimate of drug-likeness (QED) is 0.440. The molecule has 0 aromatic carbocycles. The second kappa shape index (κ2) is 3.43. The van der Waals surface area contributed by atoms with E-state index < -0.39 is 0 Å². The predicted octanol–water partition coefficient (Wildman–Crippen LogP) is 2.18. The van der Waals surface area contributed by atoms with Crippen LogP contribution in [0, 0.1) is 0 Å². The molecule has 0 aromatic rings. The highest BCUT2D eigenvalue weighted by Crippen LogP contribution is 2.28. The Bertz CT molecular complexity index is 85.0. The van der Waals surface area contributed by atoms with Crippen molar-refractivity contribution in [3.63, 3.8) is 0 Å². The zero-order valence-corrected chi connectivity index (χ0v) is 6.53. The minimum Gasteiger partial charge on any atom is -0.370 e. The Labute approximate surface area is 61.3 Å². The van der Waals surface area contributed by atoms with Crippen molar-refractivity contribution in [2.45, 2.75) is 38.4 Å². The number of halogens is 1. The summed E-state index contributed by atoms with van der Waals surface area (Å²) in [6.07, 6.45) is 4.53. The maximum absolute atomic E-state index is 5.51. The lowest BCUT2D eigenvalue weighted by molar-refractivity contribution is 0.359. The molecule has 0 radical (unpaired) electrons. The van der Waals surface area contributed by atoms with Gasteiger partial charge in [-0.3, -0.25) is 0 Å². The highest BCUT2D eigenvalue weighted by atomic mass is 35.5. The van der Waals surface area contributed by atoms with E-state index >= 15 is 0 Å². The molecule has 1 rings (SSSR count). The molecule has 0 aromatic heterocycles. The van der Waals surface area contributed by atoms with Gasteiger partial charge >= 0.3 is 0 Å². The van der Waals surface area contributed by atoms with Crippen LogP contribution in [0.4, 0.5) is 0 Å². The Morgan fingerprint density at radius 2 is 2.22 bits per heavy atom. The van der Waals surface area contributed by atoms with Crippen molar-refractivity contribution in [1.82, 2.24) is 0 Å². The van der Waals surface area contributed by atoms with Crippen LogP contribution in [0.25, 0.3) is 0 Å². The molecule has 2 heteroatoms. The average Bonchev–Trinajstić information content (AvgIpc) is 2.62. The normalized spacial score (nSPS) is 32.7. The molecule has 0 bridgehead atoms. The van der Waals surface area contributed by atoms with Gasteiger partial charge in [-0.15, -0.1) is 11.6 Å². The second-order valence-electron chi connectivity index (χ2n) is 2.45. The van der Waals surface area contributed by atoms with Gasteiger partial charge in [0, 0.05) is 5.88 Å². The van der Waals surface area contributed by atoms with Crippen LogP contribution in [0.15, 0.2) is 0 Å². The molecule has 0 amide bonds. The van der Waals surface area contributed by atoms with Crippen LogP contribution in [0.2, 0.25) is 0 Å². The summed E-state index contributed by atoms with van der Waals surface area (Å²) in [5, 5.41) is 0. The van der Waals surface area contributed by atoms with Crippen LogP contribution in [0.1, 0.15) is 26.2 Å². The van der Waals surface area contributed by atoms with Crippen molar-refractivity contribution in [2.24, 2.45) is 0 Å². The lowest BCUT2D eigenvalue weighted by Gasteiger charge is -1.87. The van der Waals surface area contributed by atoms with Crippen LogP contribution < -0.4 is 0 Å². The van der Waals surface area contributed by atoms with Crippen LogP contribution in [-0.2, 0) is 4.74 Å². The molecule has 1 nitrogen and oxygen atoms in total. The topological polar surface area (TPSA) is 12.5 Å². The summed E-state index contributed by atoms with van der Waals surface area (Å²) in [5.74, 6) is 0.774. The van der Waals surface area contributed by atoms with Crippen molar-refractivity contribution in [2.75, 3.05) is 5.88 Å². The maximum Gasteiger partial charge on any atom is 0.0842 e. The summed E-state index contributed by atoms with van der Waals surface area (Å²) >= 11 is 5.51. The molecule has 1 saturated heterocycles. The number of epoxide rings is 1. The first-order chi connectivity index (χ1) is 4.38. The molecule has 9 heavy (non-hydrogen) atoms. The second-order valence-corrected chi connectivity index (χ2v) is 2.83. The zero-order chi connectivity index (χ0) is 6.69. The van der Waals surface area contributed by atoms with Gasteiger partial charge in [0.15, 0.2) is 0 Å². The third-order valence-electron chi connectivity index (χ3n) is 1.71. The fourth-order valence-electron chi connectivity index (χ4n) is 1.07. The van der Waals surface area contributed by atoms with Gasteiger partial charge in [-0.05, 0) is 19.3 Å². The lowest BCUT2D eigenvalue weighted by Crippen LogP contribution is -1.91. The van der Waals surface area contributed by atoms with E-state index in [0.717, 1.165) is 25.1 Å². The van der Waals surface area contributed by atoms with Gasteiger partial charge in [-0.2, -0.15) is 0 Å². The first-order valence-corrected chi connectivity index (χ1v) is 4.13. The molecule has 0 saturated carbocycles. The minimum absolute atomic E-state index is 0.550. The van der Waals surface area contributed by atoms with E-state index in [1.165, 1.54) is 0 Å². The third-order valence-corrected chi connectivity index (χ3v) is 1.98. The Hall–Kier alpha value is 0.250. The maximum atomic E-state index is 5.51. The molecule has 1 heterocycles. The van der Waals surface area contributed by atoms with Gasteiger partial charge in [-0.25, -0.2) is 0 Å². The first-order valence-electron chi connectivity index (χ1n) is 3.60. The number of ether oxygens (including phenoxy) is 1. The molecule has 1 fully saturated rings. The summed E-state index contributed by atoms with van der Waals surface area (Å²) in [6.45, 7) is 2.16. The van der Waals surface area contributed by atoms with E-state index in [0.29, 0.717) is 12.2 Å². The van der Waals surface area contributed by atoms with Crippen molar-refractivity contribution in [3.8, 4) is 0 Å². The average molecular weight is 149 g/mol. The first kappa shape index (κ1) is 7.36. The number of alkyl halides is 1. The Morgan fingerprint density at radius 1 is 1.44 bits per heavy atom. The van der Waals surface area contributed by atoms with E-state index in [-0.39, 0.29) is 0 Å². The SMILES string of the molecule is CCC1OC1CCCCl. The highest BCUT2D eigenvalue weighted by Gasteiger charge is 2.35. The Kier molecular flexibility index (Phi) is 2.80. The van der Waals surface area contributed by atoms with Gasteiger partial charge in [0.1, 0.15) is 0 Å². The fourth-order valence-corrected chi connectivity index (χ4v) is 1.22. The van der Waals surface area contributed by atoms with Crippen LogP contribution >= 0.6 is 11.6 Å².